The molecular formula is C11H12ClNO2. The van der Waals surface area contributed by atoms with Crippen LogP contribution in [0.3, 0.4) is 0 Å². The van der Waals surface area contributed by atoms with Crippen molar-refractivity contribution >= 4 is 23.1 Å². The van der Waals surface area contributed by atoms with Crippen molar-refractivity contribution < 1.29 is 9.53 Å². The van der Waals surface area contributed by atoms with E-state index in [1.54, 1.807) is 24.3 Å². The van der Waals surface area contributed by atoms with Crippen molar-refractivity contribution in [3.8, 4) is 0 Å². The number of nitrogens with two attached hydrogens (primary N) is 1. The number of anilines is 1. The summed E-state index contributed by atoms with van der Waals surface area (Å²) in [5.41, 5.74) is 6.45. The number of ether oxygens (including phenoxy) is 1. The van der Waals surface area contributed by atoms with Crippen LogP contribution in [0, 0.1) is 0 Å². The van der Waals surface area contributed by atoms with Gasteiger partial charge in [0.15, 0.2) is 5.78 Å². The van der Waals surface area contributed by atoms with Gasteiger partial charge in [0.05, 0.1) is 11.6 Å². The van der Waals surface area contributed by atoms with Crippen molar-refractivity contribution in [2.45, 2.75) is 0 Å². The van der Waals surface area contributed by atoms with E-state index in [0.717, 1.165) is 0 Å². The minimum atomic E-state index is -0.186. The van der Waals surface area contributed by atoms with Gasteiger partial charge in [-0.25, -0.2) is 0 Å². The fraction of sp³-hybridized carbons (Fsp3) is 0.182. The molecule has 15 heavy (non-hydrogen) atoms. The second-order valence-corrected chi connectivity index (χ2v) is 3.37. The van der Waals surface area contributed by atoms with Gasteiger partial charge in [0.25, 0.3) is 0 Å². The van der Waals surface area contributed by atoms with E-state index in [9.17, 15) is 4.79 Å². The first-order chi connectivity index (χ1) is 7.15. The smallest absolute Gasteiger partial charge is 0.190 e. The van der Waals surface area contributed by atoms with Gasteiger partial charge < -0.3 is 10.5 Å². The fourth-order valence-electron chi connectivity index (χ4n) is 1.07. The normalized spacial score (nSPS) is 9.93. The van der Waals surface area contributed by atoms with Crippen LogP contribution in [0.1, 0.15) is 10.4 Å². The predicted octanol–water partition coefficient (Wildman–Crippen LogP) is 2.31. The number of ketones is 1. The summed E-state index contributed by atoms with van der Waals surface area (Å²) in [4.78, 5) is 11.6. The molecule has 0 unspecified atom stereocenters. The molecule has 3 nitrogen and oxygen atoms in total. The van der Waals surface area contributed by atoms with Crippen molar-refractivity contribution in [1.29, 1.82) is 0 Å². The molecule has 4 heteroatoms. The monoisotopic (exact) mass is 225 g/mol. The zero-order valence-corrected chi connectivity index (χ0v) is 8.96. The number of hydrogen-bond donors (Lipinski definition) is 1. The van der Waals surface area contributed by atoms with Crippen molar-refractivity contribution in [2.75, 3.05) is 18.9 Å². The van der Waals surface area contributed by atoms with Gasteiger partial charge in [-0.05, 0) is 18.2 Å². The number of carbonyl (C=O) groups excluding carboxylic acids is 1. The van der Waals surface area contributed by atoms with Gasteiger partial charge in [-0.2, -0.15) is 0 Å². The van der Waals surface area contributed by atoms with E-state index in [2.05, 4.69) is 6.58 Å². The van der Waals surface area contributed by atoms with Gasteiger partial charge in [0.2, 0.25) is 0 Å². The molecular weight excluding hydrogens is 214 g/mol. The van der Waals surface area contributed by atoms with Crippen LogP contribution in [0.5, 0.6) is 0 Å². The second kappa shape index (κ2) is 5.53. The van der Waals surface area contributed by atoms with Crippen LogP contribution in [0.2, 0.25) is 5.02 Å². The quantitative estimate of drug-likeness (QED) is 0.362. The highest BCUT2D eigenvalue weighted by molar-refractivity contribution is 6.34. The molecule has 1 rings (SSSR count). The molecule has 1 aromatic rings. The Bertz CT molecular complexity index is 377. The molecule has 80 valence electrons. The molecule has 2 N–H and O–H groups in total. The standard InChI is InChI=1S/C11H12ClNO2/c1-2-5-15-7-11(14)9-6-8(13)3-4-10(9)12/h2-4,6H,1,5,7,13H2. The van der Waals surface area contributed by atoms with E-state index in [1.807, 2.05) is 0 Å². The third kappa shape index (κ3) is 3.38. The maximum atomic E-state index is 11.6. The summed E-state index contributed by atoms with van der Waals surface area (Å²) in [6.45, 7) is 3.80. The van der Waals surface area contributed by atoms with Crippen LogP contribution >= 0.6 is 11.6 Å². The Kier molecular flexibility index (Phi) is 4.34. The van der Waals surface area contributed by atoms with Crippen molar-refractivity contribution in [1.82, 2.24) is 0 Å². The Morgan fingerprint density at radius 1 is 1.60 bits per heavy atom. The first-order valence-electron chi connectivity index (χ1n) is 4.42. The van der Waals surface area contributed by atoms with Gasteiger partial charge >= 0.3 is 0 Å². The van der Waals surface area contributed by atoms with Crippen LogP contribution in [0.15, 0.2) is 30.9 Å². The minimum Gasteiger partial charge on any atom is -0.399 e. The molecule has 0 spiro atoms. The molecule has 0 aliphatic carbocycles. The molecule has 0 aliphatic heterocycles. The summed E-state index contributed by atoms with van der Waals surface area (Å²) in [5, 5.41) is 0.386. The zero-order valence-electron chi connectivity index (χ0n) is 8.20. The number of carbonyl (C=O) groups is 1. The molecule has 0 aliphatic rings. The highest BCUT2D eigenvalue weighted by Crippen LogP contribution is 2.19. The molecule has 0 heterocycles. The average molecular weight is 226 g/mol. The molecule has 0 amide bonds. The van der Waals surface area contributed by atoms with Crippen molar-refractivity contribution in [3.05, 3.63) is 41.4 Å². The van der Waals surface area contributed by atoms with Crippen molar-refractivity contribution in [2.24, 2.45) is 0 Å². The van der Waals surface area contributed by atoms with Gasteiger partial charge in [-0.3, -0.25) is 4.79 Å². The fourth-order valence-corrected chi connectivity index (χ4v) is 1.29. The molecule has 1 aromatic carbocycles. The SMILES string of the molecule is C=CCOCC(=O)c1cc(N)ccc1Cl. The van der Waals surface area contributed by atoms with Crippen LogP contribution in [0.4, 0.5) is 5.69 Å². The Labute approximate surface area is 93.5 Å². The lowest BCUT2D eigenvalue weighted by Gasteiger charge is -2.04. The van der Waals surface area contributed by atoms with Gasteiger partial charge in [-0.1, -0.05) is 17.7 Å². The van der Waals surface area contributed by atoms with E-state index in [0.29, 0.717) is 22.9 Å². The summed E-state index contributed by atoms with van der Waals surface area (Å²) < 4.78 is 5.03. The Hall–Kier alpha value is -1.32. The number of rotatable bonds is 5. The third-order valence-corrected chi connectivity index (χ3v) is 2.09. The number of halogens is 1. The van der Waals surface area contributed by atoms with Gasteiger partial charge in [-0.15, -0.1) is 6.58 Å². The maximum Gasteiger partial charge on any atom is 0.190 e. The minimum absolute atomic E-state index is 0.0187. The molecule has 0 bridgehead atoms. The highest BCUT2D eigenvalue weighted by Gasteiger charge is 2.10. The van der Waals surface area contributed by atoms with E-state index in [1.165, 1.54) is 0 Å². The summed E-state index contributed by atoms with van der Waals surface area (Å²) >= 11 is 5.85. The first kappa shape index (κ1) is 11.8. The molecule has 0 atom stereocenters. The summed E-state index contributed by atoms with van der Waals surface area (Å²) in [6, 6.07) is 4.78. The lowest BCUT2D eigenvalue weighted by molar-refractivity contribution is 0.0806. The molecule has 0 fully saturated rings. The largest absolute Gasteiger partial charge is 0.399 e. The number of benzene rings is 1. The van der Waals surface area contributed by atoms with E-state index < -0.39 is 0 Å². The Morgan fingerprint density at radius 2 is 2.33 bits per heavy atom. The molecule has 0 saturated carbocycles. The Balaban J connectivity index is 2.72. The summed E-state index contributed by atoms with van der Waals surface area (Å²) in [7, 11) is 0. The number of hydrogen-bond acceptors (Lipinski definition) is 3. The van der Waals surface area contributed by atoms with Gasteiger partial charge in [0, 0.05) is 11.3 Å². The number of nitrogen functional groups attached to an aromatic ring is 1. The molecule has 0 saturated heterocycles. The van der Waals surface area contributed by atoms with Crippen molar-refractivity contribution in [3.63, 3.8) is 0 Å². The highest BCUT2D eigenvalue weighted by atomic mass is 35.5. The van der Waals surface area contributed by atoms with Crippen LogP contribution in [-0.4, -0.2) is 19.0 Å². The van der Waals surface area contributed by atoms with Crippen LogP contribution < -0.4 is 5.73 Å². The predicted molar refractivity (Wildman–Crippen MR) is 61.2 cm³/mol. The van der Waals surface area contributed by atoms with Crippen LogP contribution in [0.25, 0.3) is 0 Å². The van der Waals surface area contributed by atoms with E-state index >= 15 is 0 Å². The second-order valence-electron chi connectivity index (χ2n) is 2.97. The maximum absolute atomic E-state index is 11.6. The molecule has 0 radical (unpaired) electrons. The van der Waals surface area contributed by atoms with E-state index in [4.69, 9.17) is 22.1 Å². The third-order valence-electron chi connectivity index (χ3n) is 1.76. The summed E-state index contributed by atoms with van der Waals surface area (Å²) in [5.74, 6) is -0.186. The lowest BCUT2D eigenvalue weighted by Crippen LogP contribution is -2.10. The Morgan fingerprint density at radius 3 is 3.00 bits per heavy atom. The number of Topliss-reactive ketones (excluding diaryl/α,β-unsaturated/α-hetero) is 1. The molecule has 0 aromatic heterocycles. The first-order valence-corrected chi connectivity index (χ1v) is 4.80. The zero-order chi connectivity index (χ0) is 11.3. The average Bonchev–Trinajstić information content (AvgIpc) is 2.22. The van der Waals surface area contributed by atoms with E-state index in [-0.39, 0.29) is 12.4 Å². The topological polar surface area (TPSA) is 52.3 Å². The summed E-state index contributed by atoms with van der Waals surface area (Å²) in [6.07, 6.45) is 1.58. The lowest BCUT2D eigenvalue weighted by atomic mass is 10.1. The van der Waals surface area contributed by atoms with Gasteiger partial charge in [0.1, 0.15) is 6.61 Å². The van der Waals surface area contributed by atoms with Crippen LogP contribution in [-0.2, 0) is 4.74 Å².